The first-order valence-electron chi connectivity index (χ1n) is 23.0. The van der Waals surface area contributed by atoms with Crippen LogP contribution >= 0.6 is 11.8 Å². The van der Waals surface area contributed by atoms with E-state index in [2.05, 4.69) is 97.9 Å². The predicted molar refractivity (Wildman–Crippen MR) is 267 cm³/mol. The summed E-state index contributed by atoms with van der Waals surface area (Å²) in [4.78, 5) is 6.85. The second-order valence-electron chi connectivity index (χ2n) is 18.6. The Bertz CT molecular complexity index is 3310. The van der Waals surface area contributed by atoms with E-state index >= 15 is 17.6 Å². The van der Waals surface area contributed by atoms with Crippen LogP contribution in [0, 0.1) is 23.3 Å². The molecule has 0 bridgehead atoms. The van der Waals surface area contributed by atoms with Crippen LogP contribution in [-0.2, 0) is 31.3 Å². The Balaban J connectivity index is 1.40. The molecule has 7 rings (SSSR count). The van der Waals surface area contributed by atoms with E-state index in [1.54, 1.807) is 12.1 Å². The molecule has 2 N–H and O–H groups in total. The Hall–Kier alpha value is -5.74. The van der Waals surface area contributed by atoms with Crippen LogP contribution in [0.5, 0.6) is 11.5 Å². The van der Waals surface area contributed by atoms with Crippen LogP contribution < -0.4 is 19.3 Å². The van der Waals surface area contributed by atoms with Crippen LogP contribution in [0.3, 0.4) is 0 Å². The molecular weight excluding hydrogens is 959 g/mol. The van der Waals surface area contributed by atoms with Crippen molar-refractivity contribution in [1.29, 1.82) is 0 Å². The Morgan fingerprint density at radius 3 is 1.80 bits per heavy atom. The van der Waals surface area contributed by atoms with E-state index in [1.165, 1.54) is 33.0 Å². The smallest absolute Gasteiger partial charge is 0.303 e. The SMILES string of the molecule is CC(C)c1cccc(C(C)C)c1/C=c1\ccc2c(c1)Oc1cc(Cc3c(C(C)C)cccc3C(C)C)ccc1C=2c1ccccc1S(=O)(=O)NS(=O)(=O)c1c(F)c(F)c(SCCCC(=O)O)c(F)c1F. The fraction of sp³-hybridized carbons (Fsp3) is 0.291. The lowest BCUT2D eigenvalue weighted by Gasteiger charge is -2.24. The molecule has 1 aliphatic rings. The molecule has 6 aromatic carbocycles. The van der Waals surface area contributed by atoms with Gasteiger partial charge in [-0.1, -0.05) is 128 Å². The zero-order valence-corrected chi connectivity index (χ0v) is 42.5. The maximum Gasteiger partial charge on any atom is 0.303 e. The minimum Gasteiger partial charge on any atom is -0.481 e. The molecule has 0 saturated heterocycles. The van der Waals surface area contributed by atoms with Gasteiger partial charge in [-0.3, -0.25) is 4.79 Å². The summed E-state index contributed by atoms with van der Waals surface area (Å²) in [5.41, 5.74) is 8.69. The van der Waals surface area contributed by atoms with Gasteiger partial charge in [0, 0.05) is 28.3 Å². The van der Waals surface area contributed by atoms with Gasteiger partial charge in [0.1, 0.15) is 11.5 Å². The maximum atomic E-state index is 15.6. The van der Waals surface area contributed by atoms with Crippen LogP contribution in [0.25, 0.3) is 11.6 Å². The molecule has 0 aromatic heterocycles. The van der Waals surface area contributed by atoms with Gasteiger partial charge in [0.25, 0.3) is 20.0 Å². The van der Waals surface area contributed by atoms with Gasteiger partial charge in [-0.2, -0.15) is 0 Å². The monoisotopic (exact) mass is 1010 g/mol. The number of nitrogens with one attached hydrogen (secondary N) is 1. The minimum atomic E-state index is -5.90. The molecule has 15 heteroatoms. The molecule has 0 radical (unpaired) electrons. The molecule has 70 heavy (non-hydrogen) atoms. The lowest BCUT2D eigenvalue weighted by atomic mass is 9.85. The van der Waals surface area contributed by atoms with Crippen molar-refractivity contribution < 1.29 is 49.0 Å². The lowest BCUT2D eigenvalue weighted by Crippen LogP contribution is -2.33. The summed E-state index contributed by atoms with van der Waals surface area (Å²) >= 11 is 0.247. The van der Waals surface area contributed by atoms with Gasteiger partial charge in [0.05, 0.1) is 9.79 Å². The van der Waals surface area contributed by atoms with Gasteiger partial charge in [-0.25, -0.2) is 34.4 Å². The third-order valence-corrected chi connectivity index (χ3v) is 17.0. The summed E-state index contributed by atoms with van der Waals surface area (Å²) in [5.74, 6) is -8.70. The first-order valence-corrected chi connectivity index (χ1v) is 27.0. The van der Waals surface area contributed by atoms with E-state index in [9.17, 15) is 21.6 Å². The van der Waals surface area contributed by atoms with Gasteiger partial charge < -0.3 is 9.84 Å². The zero-order chi connectivity index (χ0) is 51.0. The number of fused-ring (bicyclic) bond motifs is 2. The first kappa shape index (κ1) is 52.1. The zero-order valence-electron chi connectivity index (χ0n) is 40.1. The van der Waals surface area contributed by atoms with E-state index in [0.29, 0.717) is 34.3 Å². The van der Waals surface area contributed by atoms with Crippen LogP contribution in [-0.4, -0.2) is 33.7 Å². The first-order chi connectivity index (χ1) is 33.0. The average molecular weight is 1010 g/mol. The molecule has 0 atom stereocenters. The Labute approximate surface area is 411 Å². The quantitative estimate of drug-likeness (QED) is 0.0400. The highest BCUT2D eigenvalue weighted by atomic mass is 32.3. The molecule has 1 aliphatic heterocycles. The maximum absolute atomic E-state index is 15.6. The van der Waals surface area contributed by atoms with Gasteiger partial charge in [0.2, 0.25) is 0 Å². The van der Waals surface area contributed by atoms with Crippen molar-refractivity contribution in [2.24, 2.45) is 0 Å². The normalized spacial score (nSPS) is 13.1. The summed E-state index contributed by atoms with van der Waals surface area (Å²) < 4.78 is 126. The van der Waals surface area contributed by atoms with Crippen molar-refractivity contribution in [2.45, 2.75) is 113 Å². The van der Waals surface area contributed by atoms with Crippen molar-refractivity contribution in [3.63, 3.8) is 0 Å². The van der Waals surface area contributed by atoms with Gasteiger partial charge in [-0.15, -0.1) is 15.9 Å². The Morgan fingerprint density at radius 2 is 1.23 bits per heavy atom. The van der Waals surface area contributed by atoms with Crippen LogP contribution in [0.15, 0.2) is 112 Å². The van der Waals surface area contributed by atoms with Crippen molar-refractivity contribution in [3.05, 3.63) is 181 Å². The number of rotatable bonds is 17. The number of aliphatic carboxylic acids is 1. The van der Waals surface area contributed by atoms with Gasteiger partial charge in [-0.05, 0) is 117 Å². The number of halogens is 4. The lowest BCUT2D eigenvalue weighted by molar-refractivity contribution is -0.137. The standard InChI is InChI=1S/C55H55F4NO7S3/c1-30(2)36-15-11-16-37(31(3)4)43(36)26-34-21-23-40-45(28-34)67-46-29-35(27-44-38(32(5)6)17-12-18-39(44)33(7)8)22-24-41(46)49(40)42-14-9-10-19-47(42)69(63,64)60-70(65,66)55-52(58)50(56)54(51(57)53(55)59)68-25-13-20-48(61)62/h9-12,14-19,21-24,26,28-33,60H,13,20,25,27H2,1-8H3,(H,61,62)/b34-26+. The third-order valence-electron chi connectivity index (χ3n) is 12.3. The van der Waals surface area contributed by atoms with Gasteiger partial charge >= 0.3 is 5.97 Å². The largest absolute Gasteiger partial charge is 0.481 e. The van der Waals surface area contributed by atoms with E-state index in [-0.39, 0.29) is 53.2 Å². The van der Waals surface area contributed by atoms with Crippen molar-refractivity contribution in [3.8, 4) is 11.5 Å². The van der Waals surface area contributed by atoms with Crippen LogP contribution in [0.2, 0.25) is 0 Å². The molecule has 1 heterocycles. The van der Waals surface area contributed by atoms with Crippen LogP contribution in [0.1, 0.15) is 142 Å². The average Bonchev–Trinajstić information content (AvgIpc) is 3.29. The number of hydrogen-bond donors (Lipinski definition) is 2. The second-order valence-corrected chi connectivity index (χ2v) is 23.2. The van der Waals surface area contributed by atoms with Crippen molar-refractivity contribution in [2.75, 3.05) is 5.75 Å². The molecule has 0 spiro atoms. The summed E-state index contributed by atoms with van der Waals surface area (Å²) in [6.45, 7) is 17.1. The topological polar surface area (TPSA) is 127 Å². The number of thioether (sulfide) groups is 1. The molecule has 0 unspecified atom stereocenters. The van der Waals surface area contributed by atoms with Crippen molar-refractivity contribution >= 4 is 49.4 Å². The number of carbonyl (C=O) groups is 1. The highest BCUT2D eigenvalue weighted by Gasteiger charge is 2.37. The summed E-state index contributed by atoms with van der Waals surface area (Å²) in [7, 11) is -11.2. The number of benzene rings is 6. The van der Waals surface area contributed by atoms with E-state index < -0.39 is 70.4 Å². The molecular formula is C55H55F4NO7S3. The molecule has 8 nitrogen and oxygen atoms in total. The Morgan fingerprint density at radius 1 is 0.657 bits per heavy atom. The molecule has 0 saturated carbocycles. The van der Waals surface area contributed by atoms with E-state index in [0.717, 1.165) is 33.5 Å². The van der Waals surface area contributed by atoms with Crippen LogP contribution in [0.4, 0.5) is 17.6 Å². The molecule has 0 amide bonds. The fourth-order valence-electron chi connectivity index (χ4n) is 8.99. The number of carboxylic acids is 1. The molecule has 6 aromatic rings. The molecule has 0 aliphatic carbocycles. The van der Waals surface area contributed by atoms with E-state index in [4.69, 9.17) is 9.84 Å². The molecule has 0 fully saturated rings. The molecule has 368 valence electrons. The number of carboxylic acid groups (broad SMARTS) is 1. The third kappa shape index (κ3) is 10.6. The highest BCUT2D eigenvalue weighted by molar-refractivity contribution is 8.04. The number of sulfonamides is 2. The minimum absolute atomic E-state index is 0.00797. The summed E-state index contributed by atoms with van der Waals surface area (Å²) in [5, 5.41) is 10.1. The highest BCUT2D eigenvalue weighted by Crippen LogP contribution is 2.41. The van der Waals surface area contributed by atoms with E-state index in [1.807, 2.05) is 30.3 Å². The number of ether oxygens (including phenoxy) is 1. The summed E-state index contributed by atoms with van der Waals surface area (Å²) in [6, 6.07) is 29.2. The van der Waals surface area contributed by atoms with Gasteiger partial charge in [0.15, 0.2) is 28.2 Å². The second kappa shape index (κ2) is 20.9. The number of hydrogen-bond acceptors (Lipinski definition) is 7. The van der Waals surface area contributed by atoms with Crippen molar-refractivity contribution in [1.82, 2.24) is 4.13 Å². The Kier molecular flexibility index (Phi) is 15.6. The summed E-state index contributed by atoms with van der Waals surface area (Å²) in [6.07, 6.45) is 2.13. The predicted octanol–water partition coefficient (Wildman–Crippen LogP) is 12.1. The fourth-order valence-corrected chi connectivity index (χ4v) is 13.1.